The van der Waals surface area contributed by atoms with Crippen molar-refractivity contribution < 1.29 is 0 Å². The minimum absolute atomic E-state index is 1.14. The molecule has 0 fully saturated rings. The predicted molar refractivity (Wildman–Crippen MR) is 264 cm³/mol. The van der Waals surface area contributed by atoms with Gasteiger partial charge in [0.25, 0.3) is 0 Å². The van der Waals surface area contributed by atoms with E-state index in [0.717, 1.165) is 17.1 Å². The van der Waals surface area contributed by atoms with Gasteiger partial charge in [0.1, 0.15) is 0 Å². The molecule has 4 nitrogen and oxygen atoms in total. The average molecular weight is 795 g/mol. The molecule has 0 atom stereocenters. The molecule has 13 aromatic rings. The highest BCUT2D eigenvalue weighted by Crippen LogP contribution is 2.50. The van der Waals surface area contributed by atoms with E-state index in [4.69, 9.17) is 0 Å². The molecule has 4 aromatic heterocycles. The van der Waals surface area contributed by atoms with Crippen LogP contribution in [0.3, 0.4) is 0 Å². The molecule has 4 heterocycles. The van der Waals surface area contributed by atoms with Crippen LogP contribution in [-0.4, -0.2) is 8.80 Å². The monoisotopic (exact) mass is 794 g/mol. The van der Waals surface area contributed by atoms with Crippen LogP contribution in [-0.2, 0) is 0 Å². The summed E-state index contributed by atoms with van der Waals surface area (Å²) in [6.45, 7) is 8.71. The van der Waals surface area contributed by atoms with Gasteiger partial charge in [-0.15, -0.1) is 0 Å². The van der Waals surface area contributed by atoms with Crippen molar-refractivity contribution in [1.82, 2.24) is 8.80 Å². The van der Waals surface area contributed by atoms with Gasteiger partial charge in [-0.1, -0.05) is 114 Å². The van der Waals surface area contributed by atoms with Crippen LogP contribution in [0.25, 0.3) is 76.2 Å². The SMILES string of the molecule is Cc1ccc(N(c2ccc(C)cc2)c2cccc3c2c2cccc4c5cc6c(cc5n3c42)c2cccc3c4c(N(c5ccccc5)c5cc(C)ccc5C)cccc4n6c23)cc1. The molecule has 0 saturated heterocycles. The molecule has 0 spiro atoms. The Morgan fingerprint density at radius 2 is 0.758 bits per heavy atom. The van der Waals surface area contributed by atoms with Crippen LogP contribution in [0.4, 0.5) is 34.1 Å². The molecular weight excluding hydrogens is 753 g/mol. The van der Waals surface area contributed by atoms with Crippen molar-refractivity contribution in [3.05, 3.63) is 204 Å². The summed E-state index contributed by atoms with van der Waals surface area (Å²) in [5.41, 5.74) is 19.4. The fraction of sp³-hybridized carbons (Fsp3) is 0.0690. The van der Waals surface area contributed by atoms with E-state index in [0.29, 0.717) is 0 Å². The molecule has 4 heteroatoms. The number of rotatable bonds is 6. The summed E-state index contributed by atoms with van der Waals surface area (Å²) in [6.07, 6.45) is 0. The van der Waals surface area contributed by atoms with Crippen LogP contribution in [0, 0.1) is 27.7 Å². The highest BCUT2D eigenvalue weighted by atomic mass is 15.2. The molecular formula is C58H42N4. The number of fused-ring (bicyclic) bond motifs is 12. The second-order valence-corrected chi connectivity index (χ2v) is 17.3. The first-order chi connectivity index (χ1) is 30.4. The number of hydrogen-bond donors (Lipinski definition) is 0. The highest BCUT2D eigenvalue weighted by Gasteiger charge is 2.27. The molecule has 0 saturated carbocycles. The molecule has 0 aliphatic heterocycles. The number of anilines is 6. The minimum Gasteiger partial charge on any atom is -0.310 e. The Bertz CT molecular complexity index is 3850. The van der Waals surface area contributed by atoms with E-state index in [1.165, 1.54) is 116 Å². The summed E-state index contributed by atoms with van der Waals surface area (Å²) >= 11 is 0. The van der Waals surface area contributed by atoms with Crippen molar-refractivity contribution in [2.45, 2.75) is 27.7 Å². The standard InChI is InChI=1S/C58H42N4/c1-35-23-28-40(29-24-35)59(41-30-25-36(2)26-31-41)48-18-10-20-50-55(48)44-16-8-14-42-46-34-54-47(33-53(46)61(50)57(42)44)43-15-9-17-45-56-49(19-11-21-51(56)62(54)58(43)45)60(39-12-6-5-7-13-39)52-32-37(3)22-27-38(52)4/h5-34H,1-4H3. The number of para-hydroxylation sites is 3. The summed E-state index contributed by atoms with van der Waals surface area (Å²) in [6, 6.07) is 67.8. The summed E-state index contributed by atoms with van der Waals surface area (Å²) in [5, 5.41) is 10.1. The fourth-order valence-electron chi connectivity index (χ4n) is 10.6. The quantitative estimate of drug-likeness (QED) is 0.167. The van der Waals surface area contributed by atoms with Crippen molar-refractivity contribution in [3.63, 3.8) is 0 Å². The van der Waals surface area contributed by atoms with E-state index in [1.54, 1.807) is 0 Å². The second-order valence-electron chi connectivity index (χ2n) is 17.3. The van der Waals surface area contributed by atoms with Gasteiger partial charge in [-0.3, -0.25) is 0 Å². The van der Waals surface area contributed by atoms with Gasteiger partial charge in [0, 0.05) is 65.8 Å². The van der Waals surface area contributed by atoms with Gasteiger partial charge >= 0.3 is 0 Å². The number of benzene rings is 9. The largest absolute Gasteiger partial charge is 0.310 e. The lowest BCUT2D eigenvalue weighted by Gasteiger charge is -2.28. The first-order valence-electron chi connectivity index (χ1n) is 21.6. The van der Waals surface area contributed by atoms with Crippen LogP contribution in [0.15, 0.2) is 182 Å². The Morgan fingerprint density at radius 1 is 0.306 bits per heavy atom. The average Bonchev–Trinajstić information content (AvgIpc) is 4.03. The third kappa shape index (κ3) is 4.78. The topological polar surface area (TPSA) is 15.3 Å². The fourth-order valence-corrected chi connectivity index (χ4v) is 10.6. The molecule has 294 valence electrons. The Hall–Kier alpha value is -7.82. The lowest BCUT2D eigenvalue weighted by molar-refractivity contribution is 1.25. The third-order valence-electron chi connectivity index (χ3n) is 13.4. The van der Waals surface area contributed by atoms with Gasteiger partial charge in [0.05, 0.1) is 44.5 Å². The first kappa shape index (κ1) is 35.0. The molecule has 0 N–H and O–H groups in total. The third-order valence-corrected chi connectivity index (χ3v) is 13.4. The van der Waals surface area contributed by atoms with Crippen LogP contribution in [0.2, 0.25) is 0 Å². The van der Waals surface area contributed by atoms with E-state index < -0.39 is 0 Å². The second kappa shape index (κ2) is 12.8. The molecule has 13 rings (SSSR count). The van der Waals surface area contributed by atoms with E-state index in [1.807, 2.05) is 0 Å². The smallest absolute Gasteiger partial charge is 0.0621 e. The van der Waals surface area contributed by atoms with Gasteiger partial charge in [-0.25, -0.2) is 0 Å². The maximum Gasteiger partial charge on any atom is 0.0621 e. The molecule has 0 bridgehead atoms. The van der Waals surface area contributed by atoms with E-state index >= 15 is 0 Å². The van der Waals surface area contributed by atoms with Crippen LogP contribution >= 0.6 is 0 Å². The number of aryl methyl sites for hydroxylation is 4. The molecule has 62 heavy (non-hydrogen) atoms. The molecule has 0 aliphatic carbocycles. The Balaban J connectivity index is 1.09. The zero-order valence-electron chi connectivity index (χ0n) is 35.1. The van der Waals surface area contributed by atoms with Crippen molar-refractivity contribution >= 4 is 110 Å². The minimum atomic E-state index is 1.14. The predicted octanol–water partition coefficient (Wildman–Crippen LogP) is 16.2. The Morgan fingerprint density at radius 3 is 1.29 bits per heavy atom. The lowest BCUT2D eigenvalue weighted by atomic mass is 10.0. The summed E-state index contributed by atoms with van der Waals surface area (Å²) in [4.78, 5) is 4.88. The van der Waals surface area contributed by atoms with E-state index in [-0.39, 0.29) is 0 Å². The van der Waals surface area contributed by atoms with Gasteiger partial charge in [0.2, 0.25) is 0 Å². The molecule has 0 amide bonds. The number of aromatic nitrogens is 2. The number of nitrogens with zero attached hydrogens (tertiary/aromatic N) is 4. The van der Waals surface area contributed by atoms with Crippen LogP contribution in [0.5, 0.6) is 0 Å². The van der Waals surface area contributed by atoms with E-state index in [2.05, 4.69) is 228 Å². The normalized spacial score (nSPS) is 12.2. The molecule has 0 aliphatic rings. The first-order valence-corrected chi connectivity index (χ1v) is 21.6. The molecule has 0 radical (unpaired) electrons. The maximum absolute atomic E-state index is 2.54. The van der Waals surface area contributed by atoms with Gasteiger partial charge in [-0.2, -0.15) is 0 Å². The summed E-state index contributed by atoms with van der Waals surface area (Å²) < 4.78 is 5.07. The van der Waals surface area contributed by atoms with Gasteiger partial charge in [-0.05, 0) is 118 Å². The van der Waals surface area contributed by atoms with Crippen molar-refractivity contribution in [2.75, 3.05) is 9.80 Å². The molecule has 0 unspecified atom stereocenters. The Labute approximate surface area is 359 Å². The summed E-state index contributed by atoms with van der Waals surface area (Å²) in [7, 11) is 0. The van der Waals surface area contributed by atoms with Gasteiger partial charge in [0.15, 0.2) is 0 Å². The van der Waals surface area contributed by atoms with Crippen molar-refractivity contribution in [2.24, 2.45) is 0 Å². The summed E-state index contributed by atoms with van der Waals surface area (Å²) in [5.74, 6) is 0. The van der Waals surface area contributed by atoms with Crippen molar-refractivity contribution in [1.29, 1.82) is 0 Å². The van der Waals surface area contributed by atoms with Crippen LogP contribution < -0.4 is 9.80 Å². The molecule has 9 aromatic carbocycles. The maximum atomic E-state index is 2.54. The van der Waals surface area contributed by atoms with Gasteiger partial charge < -0.3 is 18.6 Å². The van der Waals surface area contributed by atoms with E-state index in [9.17, 15) is 0 Å². The number of hydrogen-bond acceptors (Lipinski definition) is 2. The lowest BCUT2D eigenvalue weighted by Crippen LogP contribution is -2.12. The zero-order chi connectivity index (χ0) is 41.4. The zero-order valence-corrected chi connectivity index (χ0v) is 35.1. The van der Waals surface area contributed by atoms with Crippen molar-refractivity contribution in [3.8, 4) is 0 Å². The van der Waals surface area contributed by atoms with Crippen LogP contribution in [0.1, 0.15) is 22.3 Å². The Kier molecular flexibility index (Phi) is 7.25. The highest BCUT2D eigenvalue weighted by molar-refractivity contribution is 6.31.